The Labute approximate surface area is 140 Å². The molecule has 2 aromatic rings. The Morgan fingerprint density at radius 3 is 2.74 bits per heavy atom. The average molecular weight is 331 g/mol. The lowest BCUT2D eigenvalue weighted by Gasteiger charge is -2.19. The standard InChI is InChI=1S/C17H21N3O2S/c21-16(13-7-3-1-4-8-13)18-17-20-19-15(23-17)11-12-22-14-9-5-2-6-10-14/h2,5-6,9-10,13H,1,3-4,7-8,11-12H2,(H,18,20,21). The summed E-state index contributed by atoms with van der Waals surface area (Å²) in [6.07, 6.45) is 6.21. The number of hydrogen-bond donors (Lipinski definition) is 1. The number of ether oxygens (including phenoxy) is 1. The van der Waals surface area contributed by atoms with Crippen LogP contribution >= 0.6 is 11.3 Å². The molecule has 0 atom stereocenters. The predicted molar refractivity (Wildman–Crippen MR) is 90.8 cm³/mol. The zero-order chi connectivity index (χ0) is 15.9. The highest BCUT2D eigenvalue weighted by Crippen LogP contribution is 2.25. The molecule has 0 spiro atoms. The van der Waals surface area contributed by atoms with Crippen molar-refractivity contribution >= 4 is 22.4 Å². The number of nitrogens with one attached hydrogen (secondary N) is 1. The molecular weight excluding hydrogens is 310 g/mol. The van der Waals surface area contributed by atoms with Gasteiger partial charge >= 0.3 is 0 Å². The molecule has 1 aromatic heterocycles. The first-order valence-corrected chi connectivity index (χ1v) is 8.94. The summed E-state index contributed by atoms with van der Waals surface area (Å²) in [5.41, 5.74) is 0. The minimum atomic E-state index is 0.0907. The highest BCUT2D eigenvalue weighted by molar-refractivity contribution is 7.15. The molecule has 1 amide bonds. The minimum absolute atomic E-state index is 0.0907. The van der Waals surface area contributed by atoms with Crippen LogP contribution in [0.3, 0.4) is 0 Å². The molecule has 6 heteroatoms. The monoisotopic (exact) mass is 331 g/mol. The molecule has 5 nitrogen and oxygen atoms in total. The first-order chi connectivity index (χ1) is 11.3. The van der Waals surface area contributed by atoms with Gasteiger partial charge in [0.25, 0.3) is 0 Å². The Morgan fingerprint density at radius 2 is 1.96 bits per heavy atom. The van der Waals surface area contributed by atoms with Crippen LogP contribution in [0.1, 0.15) is 37.1 Å². The maximum Gasteiger partial charge on any atom is 0.229 e. The SMILES string of the molecule is O=C(Nc1nnc(CCOc2ccccc2)s1)C1CCCCC1. The quantitative estimate of drug-likeness (QED) is 0.877. The molecule has 1 heterocycles. The second-order valence-electron chi connectivity index (χ2n) is 5.74. The molecule has 0 aliphatic heterocycles. The molecule has 0 saturated heterocycles. The van der Waals surface area contributed by atoms with Gasteiger partial charge in [0.05, 0.1) is 6.61 Å². The molecule has 1 saturated carbocycles. The van der Waals surface area contributed by atoms with E-state index in [9.17, 15) is 4.79 Å². The number of hydrogen-bond acceptors (Lipinski definition) is 5. The van der Waals surface area contributed by atoms with Gasteiger partial charge in [0.15, 0.2) is 0 Å². The maximum absolute atomic E-state index is 12.2. The fourth-order valence-electron chi connectivity index (χ4n) is 2.75. The third-order valence-corrected chi connectivity index (χ3v) is 4.90. The van der Waals surface area contributed by atoms with Gasteiger partial charge in [-0.2, -0.15) is 0 Å². The first-order valence-electron chi connectivity index (χ1n) is 8.12. The van der Waals surface area contributed by atoms with Crippen LogP contribution in [0.4, 0.5) is 5.13 Å². The van der Waals surface area contributed by atoms with Gasteiger partial charge in [-0.25, -0.2) is 0 Å². The molecule has 3 rings (SSSR count). The van der Waals surface area contributed by atoms with Gasteiger partial charge in [-0.05, 0) is 25.0 Å². The van der Waals surface area contributed by atoms with Gasteiger partial charge in [0.1, 0.15) is 10.8 Å². The minimum Gasteiger partial charge on any atom is -0.493 e. The number of rotatable bonds is 6. The summed E-state index contributed by atoms with van der Waals surface area (Å²) in [7, 11) is 0. The smallest absolute Gasteiger partial charge is 0.229 e. The number of aromatic nitrogens is 2. The molecule has 0 bridgehead atoms. The fourth-order valence-corrected chi connectivity index (χ4v) is 3.47. The lowest BCUT2D eigenvalue weighted by Crippen LogP contribution is -2.24. The molecule has 23 heavy (non-hydrogen) atoms. The van der Waals surface area contributed by atoms with E-state index in [4.69, 9.17) is 4.74 Å². The van der Waals surface area contributed by atoms with Crippen LogP contribution < -0.4 is 10.1 Å². The van der Waals surface area contributed by atoms with Gasteiger partial charge in [-0.1, -0.05) is 48.8 Å². The molecule has 1 aromatic carbocycles. The highest BCUT2D eigenvalue weighted by atomic mass is 32.1. The van der Waals surface area contributed by atoms with E-state index in [-0.39, 0.29) is 11.8 Å². The number of benzene rings is 1. The lowest BCUT2D eigenvalue weighted by molar-refractivity contribution is -0.120. The van der Waals surface area contributed by atoms with E-state index >= 15 is 0 Å². The zero-order valence-corrected chi connectivity index (χ0v) is 13.8. The van der Waals surface area contributed by atoms with Crippen LogP contribution in [0, 0.1) is 5.92 Å². The van der Waals surface area contributed by atoms with E-state index in [2.05, 4.69) is 15.5 Å². The number of carbonyl (C=O) groups excluding carboxylic acids is 1. The summed E-state index contributed by atoms with van der Waals surface area (Å²) in [5.74, 6) is 1.08. The summed E-state index contributed by atoms with van der Waals surface area (Å²) in [6, 6.07) is 9.70. The normalized spacial score (nSPS) is 15.3. The van der Waals surface area contributed by atoms with Crippen molar-refractivity contribution in [1.29, 1.82) is 0 Å². The molecule has 122 valence electrons. The Balaban J connectivity index is 1.45. The van der Waals surface area contributed by atoms with Crippen molar-refractivity contribution < 1.29 is 9.53 Å². The maximum atomic E-state index is 12.2. The highest BCUT2D eigenvalue weighted by Gasteiger charge is 2.22. The largest absolute Gasteiger partial charge is 0.493 e. The van der Waals surface area contributed by atoms with Gasteiger partial charge in [0.2, 0.25) is 11.0 Å². The summed E-state index contributed by atoms with van der Waals surface area (Å²) < 4.78 is 5.65. The number of nitrogens with zero attached hydrogens (tertiary/aromatic N) is 2. The van der Waals surface area contributed by atoms with Crippen LogP contribution in [0.2, 0.25) is 0 Å². The van der Waals surface area contributed by atoms with E-state index in [1.165, 1.54) is 17.8 Å². The molecule has 1 aliphatic carbocycles. The molecule has 1 N–H and O–H groups in total. The molecule has 0 radical (unpaired) electrons. The van der Waals surface area contributed by atoms with Crippen molar-refractivity contribution in [2.45, 2.75) is 38.5 Å². The molecule has 1 aliphatic rings. The van der Waals surface area contributed by atoms with Crippen molar-refractivity contribution in [2.24, 2.45) is 5.92 Å². The number of carbonyl (C=O) groups is 1. The van der Waals surface area contributed by atoms with Gasteiger partial charge < -0.3 is 10.1 Å². The van der Waals surface area contributed by atoms with E-state index in [0.29, 0.717) is 18.2 Å². The van der Waals surface area contributed by atoms with Crippen molar-refractivity contribution in [1.82, 2.24) is 10.2 Å². The third kappa shape index (κ3) is 4.76. The third-order valence-electron chi connectivity index (χ3n) is 4.00. The second kappa shape index (κ2) is 8.06. The van der Waals surface area contributed by atoms with Crippen LogP contribution in [0.15, 0.2) is 30.3 Å². The Bertz CT molecular complexity index is 624. The van der Waals surface area contributed by atoms with Crippen LogP contribution in [-0.2, 0) is 11.2 Å². The second-order valence-corrected chi connectivity index (χ2v) is 6.80. The first kappa shape index (κ1) is 15.9. The molecule has 1 fully saturated rings. The average Bonchev–Trinajstić information content (AvgIpc) is 3.04. The Morgan fingerprint density at radius 1 is 1.17 bits per heavy atom. The lowest BCUT2D eigenvalue weighted by atomic mass is 9.89. The van der Waals surface area contributed by atoms with Crippen LogP contribution in [0.5, 0.6) is 5.75 Å². The molecular formula is C17H21N3O2S. The number of amides is 1. The van der Waals surface area contributed by atoms with Crippen molar-refractivity contribution in [3.63, 3.8) is 0 Å². The van der Waals surface area contributed by atoms with Crippen molar-refractivity contribution in [2.75, 3.05) is 11.9 Å². The Kier molecular flexibility index (Phi) is 5.58. The zero-order valence-electron chi connectivity index (χ0n) is 13.0. The van der Waals surface area contributed by atoms with E-state index in [0.717, 1.165) is 36.4 Å². The predicted octanol–water partition coefficient (Wildman–Crippen LogP) is 3.68. The van der Waals surface area contributed by atoms with Crippen molar-refractivity contribution in [3.8, 4) is 5.75 Å². The summed E-state index contributed by atoms with van der Waals surface area (Å²) in [4.78, 5) is 12.2. The molecule has 0 unspecified atom stereocenters. The summed E-state index contributed by atoms with van der Waals surface area (Å²) >= 11 is 1.43. The topological polar surface area (TPSA) is 64.1 Å². The van der Waals surface area contributed by atoms with Gasteiger partial charge in [-0.3, -0.25) is 4.79 Å². The van der Waals surface area contributed by atoms with E-state index < -0.39 is 0 Å². The van der Waals surface area contributed by atoms with E-state index in [1.54, 1.807) is 0 Å². The van der Waals surface area contributed by atoms with E-state index in [1.807, 2.05) is 30.3 Å². The Hall–Kier alpha value is -1.95. The van der Waals surface area contributed by atoms with Gasteiger partial charge in [0, 0.05) is 12.3 Å². The van der Waals surface area contributed by atoms with Crippen molar-refractivity contribution in [3.05, 3.63) is 35.3 Å². The van der Waals surface area contributed by atoms with Crippen LogP contribution in [-0.4, -0.2) is 22.7 Å². The summed E-state index contributed by atoms with van der Waals surface area (Å²) in [5, 5.41) is 12.6. The van der Waals surface area contributed by atoms with Gasteiger partial charge in [-0.15, -0.1) is 10.2 Å². The summed E-state index contributed by atoms with van der Waals surface area (Å²) in [6.45, 7) is 0.551. The fraction of sp³-hybridized carbons (Fsp3) is 0.471. The van der Waals surface area contributed by atoms with Crippen LogP contribution in [0.25, 0.3) is 0 Å². The number of anilines is 1. The number of para-hydroxylation sites is 1.